The van der Waals surface area contributed by atoms with Gasteiger partial charge in [0.2, 0.25) is 0 Å². The van der Waals surface area contributed by atoms with E-state index in [0.717, 1.165) is 43.5 Å². The van der Waals surface area contributed by atoms with Gasteiger partial charge in [0, 0.05) is 18.7 Å². The molecule has 0 bridgehead atoms. The summed E-state index contributed by atoms with van der Waals surface area (Å²) in [6, 6.07) is 6.16. The molecule has 2 aliphatic rings. The molecule has 1 heterocycles. The molecule has 1 N–H and O–H groups in total. The Labute approximate surface area is 108 Å². The number of nitrogens with one attached hydrogen (secondary N) is 1. The van der Waals surface area contributed by atoms with Gasteiger partial charge >= 0.3 is 0 Å². The summed E-state index contributed by atoms with van der Waals surface area (Å²) >= 11 is 0. The molecule has 1 aromatic rings. The molecule has 0 fully saturated rings. The third-order valence-electron chi connectivity index (χ3n) is 3.93. The fourth-order valence-corrected chi connectivity index (χ4v) is 2.84. The van der Waals surface area contributed by atoms with E-state index in [2.05, 4.69) is 23.5 Å². The van der Waals surface area contributed by atoms with E-state index < -0.39 is 0 Å². The molecule has 2 nitrogen and oxygen atoms in total. The zero-order valence-electron chi connectivity index (χ0n) is 10.7. The molecule has 0 unspecified atom stereocenters. The van der Waals surface area contributed by atoms with E-state index in [1.165, 1.54) is 24.0 Å². The number of rotatable bonds is 2. The molecule has 94 valence electrons. The van der Waals surface area contributed by atoms with Gasteiger partial charge in [0.15, 0.2) is 5.78 Å². The Morgan fingerprint density at radius 3 is 2.89 bits per heavy atom. The normalized spacial score (nSPS) is 19.0. The van der Waals surface area contributed by atoms with Crippen LogP contribution in [0.25, 0.3) is 0 Å². The molecule has 0 spiro atoms. The minimum absolute atomic E-state index is 0.242. The Morgan fingerprint density at radius 1 is 1.06 bits per heavy atom. The van der Waals surface area contributed by atoms with E-state index in [9.17, 15) is 4.79 Å². The molecular formula is C16H19NO. The van der Waals surface area contributed by atoms with Crippen LogP contribution in [-0.2, 0) is 13.1 Å². The zero-order valence-corrected chi connectivity index (χ0v) is 10.7. The van der Waals surface area contributed by atoms with Crippen molar-refractivity contribution in [2.24, 2.45) is 0 Å². The predicted molar refractivity (Wildman–Crippen MR) is 72.5 cm³/mol. The van der Waals surface area contributed by atoms with Crippen LogP contribution in [0.5, 0.6) is 0 Å². The van der Waals surface area contributed by atoms with Gasteiger partial charge in [-0.2, -0.15) is 0 Å². The van der Waals surface area contributed by atoms with E-state index in [1.807, 2.05) is 6.07 Å². The summed E-state index contributed by atoms with van der Waals surface area (Å²) in [5.41, 5.74) is 4.51. The fourth-order valence-electron chi connectivity index (χ4n) is 2.84. The molecule has 0 saturated carbocycles. The van der Waals surface area contributed by atoms with Crippen LogP contribution in [0.3, 0.4) is 0 Å². The van der Waals surface area contributed by atoms with Crippen LogP contribution in [0.4, 0.5) is 0 Å². The standard InChI is InChI=1S/C16H19NO/c18-16(12-5-3-1-2-4-6-12)13-7-8-14-10-17-11-15(14)9-13/h5,7-9,17H,1-4,6,10-11H2. The quantitative estimate of drug-likeness (QED) is 0.804. The number of hydrogen-bond acceptors (Lipinski definition) is 2. The van der Waals surface area contributed by atoms with Gasteiger partial charge in [-0.1, -0.05) is 24.6 Å². The minimum Gasteiger partial charge on any atom is -0.309 e. The monoisotopic (exact) mass is 241 g/mol. The molecule has 0 saturated heterocycles. The van der Waals surface area contributed by atoms with Gasteiger partial charge in [-0.05, 0) is 48.4 Å². The SMILES string of the molecule is O=C(C1=CCCCCC1)c1ccc2c(c1)CNC2. The maximum Gasteiger partial charge on any atom is 0.188 e. The third kappa shape index (κ3) is 2.25. The Morgan fingerprint density at radius 2 is 1.94 bits per heavy atom. The van der Waals surface area contributed by atoms with Crippen LogP contribution in [0, 0.1) is 0 Å². The maximum absolute atomic E-state index is 12.5. The Kier molecular flexibility index (Phi) is 3.28. The summed E-state index contributed by atoms with van der Waals surface area (Å²) in [5, 5.41) is 3.32. The molecule has 18 heavy (non-hydrogen) atoms. The van der Waals surface area contributed by atoms with Gasteiger partial charge in [-0.25, -0.2) is 0 Å². The average Bonchev–Trinajstić information content (AvgIpc) is 2.69. The van der Waals surface area contributed by atoms with Crippen LogP contribution in [0.2, 0.25) is 0 Å². The lowest BCUT2D eigenvalue weighted by Crippen LogP contribution is -2.04. The molecule has 1 aliphatic carbocycles. The number of carbonyl (C=O) groups is 1. The highest BCUT2D eigenvalue weighted by Crippen LogP contribution is 2.23. The van der Waals surface area contributed by atoms with Crippen LogP contribution < -0.4 is 5.32 Å². The highest BCUT2D eigenvalue weighted by atomic mass is 16.1. The van der Waals surface area contributed by atoms with Crippen LogP contribution >= 0.6 is 0 Å². The fraction of sp³-hybridized carbons (Fsp3) is 0.438. The molecule has 0 radical (unpaired) electrons. The van der Waals surface area contributed by atoms with Gasteiger partial charge in [-0.15, -0.1) is 0 Å². The van der Waals surface area contributed by atoms with E-state index in [1.54, 1.807) is 0 Å². The molecule has 2 heteroatoms. The number of fused-ring (bicyclic) bond motifs is 1. The smallest absolute Gasteiger partial charge is 0.188 e. The lowest BCUT2D eigenvalue weighted by atomic mass is 9.97. The predicted octanol–water partition coefficient (Wildman–Crippen LogP) is 3.36. The topological polar surface area (TPSA) is 29.1 Å². The summed E-state index contributed by atoms with van der Waals surface area (Å²) < 4.78 is 0. The largest absolute Gasteiger partial charge is 0.309 e. The lowest BCUT2D eigenvalue weighted by molar-refractivity contribution is 0.103. The average molecular weight is 241 g/mol. The van der Waals surface area contributed by atoms with Gasteiger partial charge in [0.1, 0.15) is 0 Å². The van der Waals surface area contributed by atoms with Crippen molar-refractivity contribution in [1.82, 2.24) is 5.32 Å². The highest BCUT2D eigenvalue weighted by molar-refractivity contribution is 6.08. The van der Waals surface area contributed by atoms with E-state index >= 15 is 0 Å². The van der Waals surface area contributed by atoms with Gasteiger partial charge < -0.3 is 5.32 Å². The van der Waals surface area contributed by atoms with E-state index in [0.29, 0.717) is 0 Å². The molecule has 3 rings (SSSR count). The number of hydrogen-bond donors (Lipinski definition) is 1. The first-order valence-corrected chi connectivity index (χ1v) is 6.91. The van der Waals surface area contributed by atoms with Crippen molar-refractivity contribution in [2.75, 3.05) is 0 Å². The summed E-state index contributed by atoms with van der Waals surface area (Å²) in [6.07, 6.45) is 7.80. The number of ketones is 1. The first-order chi connectivity index (χ1) is 8.84. The second-order valence-corrected chi connectivity index (χ2v) is 5.24. The van der Waals surface area contributed by atoms with Crippen molar-refractivity contribution in [3.05, 3.63) is 46.5 Å². The molecule has 1 aliphatic heterocycles. The van der Waals surface area contributed by atoms with Crippen molar-refractivity contribution in [3.8, 4) is 0 Å². The second kappa shape index (κ2) is 5.07. The van der Waals surface area contributed by atoms with E-state index in [-0.39, 0.29) is 5.78 Å². The first-order valence-electron chi connectivity index (χ1n) is 6.91. The molecule has 1 aromatic carbocycles. The summed E-state index contributed by atoms with van der Waals surface area (Å²) in [4.78, 5) is 12.5. The second-order valence-electron chi connectivity index (χ2n) is 5.24. The van der Waals surface area contributed by atoms with Crippen molar-refractivity contribution in [1.29, 1.82) is 0 Å². The number of allylic oxidation sites excluding steroid dienone is 2. The number of benzene rings is 1. The lowest BCUT2D eigenvalue weighted by Gasteiger charge is -2.06. The molecule has 0 amide bonds. The zero-order chi connectivity index (χ0) is 12.4. The Hall–Kier alpha value is -1.41. The van der Waals surface area contributed by atoms with Gasteiger partial charge in [0.05, 0.1) is 0 Å². The minimum atomic E-state index is 0.242. The summed E-state index contributed by atoms with van der Waals surface area (Å²) in [6.45, 7) is 1.84. The molecular weight excluding hydrogens is 222 g/mol. The van der Waals surface area contributed by atoms with Crippen LogP contribution in [-0.4, -0.2) is 5.78 Å². The van der Waals surface area contributed by atoms with Crippen molar-refractivity contribution in [2.45, 2.75) is 45.2 Å². The van der Waals surface area contributed by atoms with Gasteiger partial charge in [0.25, 0.3) is 0 Å². The Balaban J connectivity index is 1.85. The van der Waals surface area contributed by atoms with Crippen molar-refractivity contribution >= 4 is 5.78 Å². The third-order valence-corrected chi connectivity index (χ3v) is 3.93. The van der Waals surface area contributed by atoms with Crippen LogP contribution in [0.1, 0.15) is 53.6 Å². The van der Waals surface area contributed by atoms with Crippen LogP contribution in [0.15, 0.2) is 29.8 Å². The van der Waals surface area contributed by atoms with Gasteiger partial charge in [-0.3, -0.25) is 4.79 Å². The Bertz CT molecular complexity index is 502. The summed E-state index contributed by atoms with van der Waals surface area (Å²) in [5.74, 6) is 0.242. The summed E-state index contributed by atoms with van der Waals surface area (Å²) in [7, 11) is 0. The highest BCUT2D eigenvalue weighted by Gasteiger charge is 2.17. The maximum atomic E-state index is 12.5. The van der Waals surface area contributed by atoms with E-state index in [4.69, 9.17) is 0 Å². The number of carbonyl (C=O) groups excluding carboxylic acids is 1. The molecule has 0 atom stereocenters. The molecule has 0 aromatic heterocycles. The first kappa shape index (κ1) is 11.7. The number of Topliss-reactive ketones (excluding diaryl/α,β-unsaturated/α-hetero) is 1. The van der Waals surface area contributed by atoms with Crippen molar-refractivity contribution in [3.63, 3.8) is 0 Å². The van der Waals surface area contributed by atoms with Crippen molar-refractivity contribution < 1.29 is 4.79 Å².